The topological polar surface area (TPSA) is 171 Å². The number of likely N-dealkylation sites (tertiary alicyclic amines) is 2. The zero-order chi connectivity index (χ0) is 38.4. The van der Waals surface area contributed by atoms with Crippen molar-refractivity contribution in [2.75, 3.05) is 52.4 Å². The fraction of sp³-hybridized carbons (Fsp3) is 0.571. The van der Waals surface area contributed by atoms with Crippen LogP contribution in [-0.4, -0.2) is 124 Å². The van der Waals surface area contributed by atoms with Crippen LogP contribution in [0.5, 0.6) is 0 Å². The number of piperidine rings is 2. The lowest BCUT2D eigenvalue weighted by Crippen LogP contribution is -2.55. The van der Waals surface area contributed by atoms with Gasteiger partial charge >= 0.3 is 6.03 Å². The minimum Gasteiger partial charge on any atom is -0.394 e. The number of H-pyrrole nitrogens is 1. The predicted octanol–water partition coefficient (Wildman–Crippen LogP) is 3.65. The fourth-order valence-electron chi connectivity index (χ4n) is 8.49. The van der Waals surface area contributed by atoms with E-state index in [2.05, 4.69) is 56.9 Å². The second-order valence-electron chi connectivity index (χ2n) is 16.1. The third-order valence-corrected chi connectivity index (χ3v) is 11.6. The number of rotatable bonds is 12. The number of hydrogen-bond acceptors (Lipinski definition) is 8. The summed E-state index contributed by atoms with van der Waals surface area (Å²) in [6.45, 7) is 10.9. The van der Waals surface area contributed by atoms with Crippen LogP contribution in [0.2, 0.25) is 0 Å². The van der Waals surface area contributed by atoms with Crippen molar-refractivity contribution in [3.05, 3.63) is 76.5 Å². The maximum atomic E-state index is 12.8. The molecule has 0 radical (unpaired) electrons. The van der Waals surface area contributed by atoms with Gasteiger partial charge in [-0.2, -0.15) is 0 Å². The Morgan fingerprint density at radius 2 is 1.76 bits per heavy atom. The lowest BCUT2D eigenvalue weighted by Gasteiger charge is -2.47. The molecule has 12 heteroatoms. The molecule has 1 aromatic heterocycles. The first-order valence-electron chi connectivity index (χ1n) is 19.6. The number of ether oxygens (including phenoxy) is 1. The molecule has 0 bridgehead atoms. The van der Waals surface area contributed by atoms with Gasteiger partial charge in [0.25, 0.3) is 0 Å². The van der Waals surface area contributed by atoms with Gasteiger partial charge in [0.2, 0.25) is 5.91 Å². The Morgan fingerprint density at radius 1 is 1.00 bits per heavy atom. The number of fused-ring (bicyclic) bond motifs is 1. The molecule has 2 aromatic carbocycles. The summed E-state index contributed by atoms with van der Waals surface area (Å²) >= 11 is 0. The summed E-state index contributed by atoms with van der Waals surface area (Å²) in [5, 5.41) is 48.2. The predicted molar refractivity (Wildman–Crippen MR) is 209 cm³/mol. The van der Waals surface area contributed by atoms with Crippen LogP contribution < -0.4 is 10.6 Å². The molecule has 5 atom stereocenters. The molecule has 3 aliphatic heterocycles. The van der Waals surface area contributed by atoms with E-state index in [9.17, 15) is 30.0 Å². The van der Waals surface area contributed by atoms with Crippen molar-refractivity contribution in [2.45, 2.75) is 89.8 Å². The molecule has 12 nitrogen and oxygen atoms in total. The number of aliphatic hydroxyl groups is 4. The van der Waals surface area contributed by atoms with Gasteiger partial charge in [-0.3, -0.25) is 4.79 Å². The Kier molecular flexibility index (Phi) is 13.1. The second kappa shape index (κ2) is 17.8. The number of carbonyl (C=O) groups excluding carboxylic acids is 2. The molecule has 1 spiro atoms. The van der Waals surface area contributed by atoms with E-state index in [4.69, 9.17) is 4.74 Å². The van der Waals surface area contributed by atoms with E-state index >= 15 is 0 Å². The number of aromatic amines is 1. The highest BCUT2D eigenvalue weighted by Gasteiger charge is 2.45. The van der Waals surface area contributed by atoms with Crippen molar-refractivity contribution >= 4 is 28.9 Å². The van der Waals surface area contributed by atoms with Crippen molar-refractivity contribution in [1.82, 2.24) is 25.4 Å². The molecule has 4 heterocycles. The smallest absolute Gasteiger partial charge is 0.315 e. The van der Waals surface area contributed by atoms with Crippen LogP contribution in [0.1, 0.15) is 80.0 Å². The molecular formula is C42H59N5O7. The van der Waals surface area contributed by atoms with Crippen molar-refractivity contribution in [2.24, 2.45) is 11.3 Å². The molecule has 0 saturated carbocycles. The van der Waals surface area contributed by atoms with Gasteiger partial charge in [-0.15, -0.1) is 0 Å². The maximum absolute atomic E-state index is 12.8. The third-order valence-electron chi connectivity index (χ3n) is 11.6. The first-order valence-corrected chi connectivity index (χ1v) is 19.6. The SMILES string of the molecule is Cc1cccc2[nH]c([C@H]3O[C@H](CO)[C@@H](O)[C@@H](O)[C@H]3O)c(Cc3ccc(/C=C/CCN4CCCC5(CCN(C(=O)CNC(=O)NCC(C)C)CC5)C4)cc3)c12. The summed E-state index contributed by atoms with van der Waals surface area (Å²) in [5.41, 5.74) is 5.99. The number of benzene rings is 2. The van der Waals surface area contributed by atoms with E-state index in [1.54, 1.807) is 0 Å². The Balaban J connectivity index is 1.01. The number of nitrogens with one attached hydrogen (secondary N) is 3. The van der Waals surface area contributed by atoms with Crippen LogP contribution in [0.4, 0.5) is 4.79 Å². The highest BCUT2D eigenvalue weighted by Crippen LogP contribution is 2.40. The van der Waals surface area contributed by atoms with E-state index in [1.165, 1.54) is 12.8 Å². The summed E-state index contributed by atoms with van der Waals surface area (Å²) in [7, 11) is 0. The van der Waals surface area contributed by atoms with E-state index in [-0.39, 0.29) is 23.9 Å². The average molecular weight is 746 g/mol. The molecule has 3 aliphatic rings. The minimum atomic E-state index is -1.46. The molecular weight excluding hydrogens is 686 g/mol. The first kappa shape index (κ1) is 39.9. The van der Waals surface area contributed by atoms with E-state index in [0.29, 0.717) is 24.6 Å². The summed E-state index contributed by atoms with van der Waals surface area (Å²) in [5.74, 6) is 0.345. The normalized spacial score (nSPS) is 24.8. The number of carbonyl (C=O) groups is 2. The van der Waals surface area contributed by atoms with Crippen LogP contribution in [0, 0.1) is 18.3 Å². The average Bonchev–Trinajstić information content (AvgIpc) is 3.53. The van der Waals surface area contributed by atoms with Gasteiger partial charge in [-0.05, 0) is 91.6 Å². The quantitative estimate of drug-likeness (QED) is 0.147. The lowest BCUT2D eigenvalue weighted by molar-refractivity contribution is -0.232. The highest BCUT2D eigenvalue weighted by molar-refractivity contribution is 5.88. The van der Waals surface area contributed by atoms with Crippen LogP contribution in [0.25, 0.3) is 17.0 Å². The molecule has 3 fully saturated rings. The van der Waals surface area contributed by atoms with Crippen LogP contribution in [0.15, 0.2) is 48.5 Å². The van der Waals surface area contributed by atoms with Gasteiger partial charge in [0, 0.05) is 43.6 Å². The van der Waals surface area contributed by atoms with Crippen LogP contribution >= 0.6 is 0 Å². The number of amides is 3. The van der Waals surface area contributed by atoms with Crippen molar-refractivity contribution < 1.29 is 34.8 Å². The summed E-state index contributed by atoms with van der Waals surface area (Å²) in [6.07, 6.45) is 4.11. The van der Waals surface area contributed by atoms with E-state index in [0.717, 1.165) is 85.1 Å². The van der Waals surface area contributed by atoms with Gasteiger partial charge in [0.15, 0.2) is 0 Å². The Hall–Kier alpha value is -3.78. The number of nitrogens with zero attached hydrogens (tertiary/aromatic N) is 2. The summed E-state index contributed by atoms with van der Waals surface area (Å²) < 4.78 is 5.97. The molecule has 3 amide bonds. The first-order chi connectivity index (χ1) is 26.0. The number of hydrogen-bond donors (Lipinski definition) is 7. The van der Waals surface area contributed by atoms with Crippen molar-refractivity contribution in [1.29, 1.82) is 0 Å². The standard InChI is InChI=1S/C42H59N5O7/c1-27(2)23-43-41(53)44-24-34(49)47-20-16-42(17-21-47)15-7-19-46(26-42)18-5-4-9-29-11-13-30(14-12-29)22-31-35-28(3)8-6-10-32(35)45-36(31)40-39(52)38(51)37(50)33(25-48)54-40/h4,6,8-14,27,33,37-40,45,48,50-52H,5,7,15-26H2,1-3H3,(H2,43,44,53)/b9-4+/t33-,37-,38-,39-,40-/m1/s1. The van der Waals surface area contributed by atoms with Crippen molar-refractivity contribution in [3.63, 3.8) is 0 Å². The molecule has 7 N–H and O–H groups in total. The van der Waals surface area contributed by atoms with Crippen LogP contribution in [-0.2, 0) is 16.0 Å². The zero-order valence-corrected chi connectivity index (χ0v) is 32.0. The third kappa shape index (κ3) is 9.35. The number of aromatic nitrogens is 1. The van der Waals surface area contributed by atoms with Gasteiger partial charge < -0.3 is 50.6 Å². The molecule has 294 valence electrons. The monoisotopic (exact) mass is 745 g/mol. The largest absolute Gasteiger partial charge is 0.394 e. The molecule has 0 unspecified atom stereocenters. The Labute approximate surface area is 318 Å². The summed E-state index contributed by atoms with van der Waals surface area (Å²) in [6, 6.07) is 14.1. The molecule has 3 aromatic rings. The Morgan fingerprint density at radius 3 is 2.48 bits per heavy atom. The number of urea groups is 1. The van der Waals surface area contributed by atoms with Gasteiger partial charge in [0.05, 0.1) is 18.8 Å². The van der Waals surface area contributed by atoms with Gasteiger partial charge in [0.1, 0.15) is 30.5 Å². The lowest BCUT2D eigenvalue weighted by atomic mass is 9.72. The summed E-state index contributed by atoms with van der Waals surface area (Å²) in [4.78, 5) is 32.6. The van der Waals surface area contributed by atoms with E-state index in [1.807, 2.05) is 43.9 Å². The molecule has 3 saturated heterocycles. The van der Waals surface area contributed by atoms with Crippen molar-refractivity contribution in [3.8, 4) is 0 Å². The number of aryl methyl sites for hydroxylation is 1. The fourth-order valence-corrected chi connectivity index (χ4v) is 8.49. The Bertz CT molecular complexity index is 1750. The number of aliphatic hydroxyl groups excluding tert-OH is 4. The second-order valence-corrected chi connectivity index (χ2v) is 16.1. The van der Waals surface area contributed by atoms with Gasteiger partial charge in [-0.1, -0.05) is 62.4 Å². The van der Waals surface area contributed by atoms with E-state index < -0.39 is 37.1 Å². The minimum absolute atomic E-state index is 0.0127. The molecule has 0 aliphatic carbocycles. The molecule has 6 rings (SSSR count). The zero-order valence-electron chi connectivity index (χ0n) is 32.0. The maximum Gasteiger partial charge on any atom is 0.315 e. The van der Waals surface area contributed by atoms with Gasteiger partial charge in [-0.25, -0.2) is 4.79 Å². The molecule has 54 heavy (non-hydrogen) atoms. The highest BCUT2D eigenvalue weighted by atomic mass is 16.5. The van der Waals surface area contributed by atoms with Crippen LogP contribution in [0.3, 0.4) is 0 Å².